The van der Waals surface area contributed by atoms with Crippen LogP contribution in [-0.4, -0.2) is 65.1 Å². The number of carbonyl (C=O) groups is 1. The molecule has 1 aliphatic heterocycles. The van der Waals surface area contributed by atoms with Crippen molar-refractivity contribution in [1.82, 2.24) is 0 Å². The maximum Gasteiger partial charge on any atom is 0.414 e. The molecule has 1 heterocycles. The summed E-state index contributed by atoms with van der Waals surface area (Å²) in [6.07, 6.45) is -1.18. The fraction of sp³-hybridized carbons (Fsp3) is 0.667. The molecule has 0 radical (unpaired) electrons. The maximum absolute atomic E-state index is 14.9. The lowest BCUT2D eigenvalue weighted by Gasteiger charge is -2.30. The van der Waals surface area contributed by atoms with E-state index in [0.717, 1.165) is 0 Å². The van der Waals surface area contributed by atoms with Gasteiger partial charge in [0.15, 0.2) is 6.29 Å². The Morgan fingerprint density at radius 3 is 2.41 bits per heavy atom. The van der Waals surface area contributed by atoms with E-state index in [1.165, 1.54) is 11.0 Å². The number of ether oxygens (including phenoxy) is 4. The van der Waals surface area contributed by atoms with E-state index >= 15 is 0 Å². The van der Waals surface area contributed by atoms with E-state index in [9.17, 15) is 9.18 Å². The van der Waals surface area contributed by atoms with E-state index in [1.54, 1.807) is 12.1 Å². The predicted molar refractivity (Wildman–Crippen MR) is 110 cm³/mol. The minimum absolute atomic E-state index is 0.106. The molecule has 0 aromatic heterocycles. The standard InChI is InChI=1S/C21H33FN2O5/c1-5-27-20(28-6-2)14-24(21(25)29-15-16(3)4)17-7-8-19(18(22)13-17)23-9-11-26-12-10-23/h7-8,13,16,20H,5-6,9-12,14-15H2,1-4H3. The number of benzene rings is 1. The smallest absolute Gasteiger partial charge is 0.414 e. The van der Waals surface area contributed by atoms with E-state index in [0.29, 0.717) is 50.9 Å². The maximum atomic E-state index is 14.9. The highest BCUT2D eigenvalue weighted by Gasteiger charge is 2.25. The first-order valence-corrected chi connectivity index (χ1v) is 10.3. The molecule has 1 saturated heterocycles. The van der Waals surface area contributed by atoms with Crippen molar-refractivity contribution in [3.05, 3.63) is 24.0 Å². The first-order valence-electron chi connectivity index (χ1n) is 10.3. The third-order valence-electron chi connectivity index (χ3n) is 4.39. The van der Waals surface area contributed by atoms with Gasteiger partial charge in [-0.25, -0.2) is 9.18 Å². The van der Waals surface area contributed by atoms with Gasteiger partial charge >= 0.3 is 6.09 Å². The molecule has 0 unspecified atom stereocenters. The van der Waals surface area contributed by atoms with Crippen molar-refractivity contribution in [1.29, 1.82) is 0 Å². The van der Waals surface area contributed by atoms with E-state index < -0.39 is 18.2 Å². The van der Waals surface area contributed by atoms with Crippen molar-refractivity contribution in [3.8, 4) is 0 Å². The van der Waals surface area contributed by atoms with Crippen LogP contribution in [0.1, 0.15) is 27.7 Å². The molecule has 29 heavy (non-hydrogen) atoms. The molecule has 8 heteroatoms. The highest BCUT2D eigenvalue weighted by atomic mass is 19.1. The van der Waals surface area contributed by atoms with Crippen molar-refractivity contribution in [2.75, 3.05) is 62.5 Å². The molecule has 0 saturated carbocycles. The summed E-state index contributed by atoms with van der Waals surface area (Å²) in [5, 5.41) is 0. The van der Waals surface area contributed by atoms with Gasteiger partial charge in [0, 0.05) is 26.3 Å². The SMILES string of the molecule is CCOC(CN(C(=O)OCC(C)C)c1ccc(N2CCOCC2)c(F)c1)OCC. The molecule has 0 N–H and O–H groups in total. The summed E-state index contributed by atoms with van der Waals surface area (Å²) in [4.78, 5) is 16.0. The summed E-state index contributed by atoms with van der Waals surface area (Å²) in [6.45, 7) is 11.3. The molecule has 0 spiro atoms. The van der Waals surface area contributed by atoms with E-state index in [1.807, 2.05) is 32.6 Å². The number of hydrogen-bond acceptors (Lipinski definition) is 6. The monoisotopic (exact) mass is 412 g/mol. The second kappa shape index (κ2) is 11.9. The van der Waals surface area contributed by atoms with Crippen LogP contribution in [0, 0.1) is 11.7 Å². The zero-order valence-corrected chi connectivity index (χ0v) is 17.9. The number of nitrogens with zero attached hydrogens (tertiary/aromatic N) is 2. The lowest BCUT2D eigenvalue weighted by molar-refractivity contribution is -0.129. The molecule has 1 amide bonds. The molecular weight excluding hydrogens is 379 g/mol. The molecule has 2 rings (SSSR count). The van der Waals surface area contributed by atoms with Gasteiger partial charge in [-0.05, 0) is 38.0 Å². The van der Waals surface area contributed by atoms with Crippen molar-refractivity contribution >= 4 is 17.5 Å². The minimum Gasteiger partial charge on any atom is -0.449 e. The zero-order valence-electron chi connectivity index (χ0n) is 17.9. The molecule has 164 valence electrons. The molecule has 0 atom stereocenters. The Hall–Kier alpha value is -1.90. The van der Waals surface area contributed by atoms with Crippen molar-refractivity contribution in [2.45, 2.75) is 34.0 Å². The van der Waals surface area contributed by atoms with Crippen LogP contribution in [0.25, 0.3) is 0 Å². The third kappa shape index (κ3) is 7.13. The third-order valence-corrected chi connectivity index (χ3v) is 4.39. The van der Waals surface area contributed by atoms with Gasteiger partial charge in [0.2, 0.25) is 0 Å². The number of morpholine rings is 1. The highest BCUT2D eigenvalue weighted by Crippen LogP contribution is 2.27. The lowest BCUT2D eigenvalue weighted by Crippen LogP contribution is -2.41. The summed E-state index contributed by atoms with van der Waals surface area (Å²) < 4.78 is 36.7. The van der Waals surface area contributed by atoms with Crippen LogP contribution >= 0.6 is 0 Å². The highest BCUT2D eigenvalue weighted by molar-refractivity contribution is 5.88. The second-order valence-electron chi connectivity index (χ2n) is 7.16. The Balaban J connectivity index is 2.23. The molecule has 1 aliphatic rings. The van der Waals surface area contributed by atoms with E-state index in [-0.39, 0.29) is 19.1 Å². The lowest BCUT2D eigenvalue weighted by atomic mass is 10.2. The molecule has 0 bridgehead atoms. The van der Waals surface area contributed by atoms with E-state index in [2.05, 4.69) is 0 Å². The first kappa shape index (κ1) is 23.4. The van der Waals surface area contributed by atoms with Crippen molar-refractivity contribution in [2.24, 2.45) is 5.92 Å². The first-order chi connectivity index (χ1) is 14.0. The Morgan fingerprint density at radius 1 is 1.21 bits per heavy atom. The van der Waals surface area contributed by atoms with Crippen molar-refractivity contribution in [3.63, 3.8) is 0 Å². The summed E-state index contributed by atoms with van der Waals surface area (Å²) >= 11 is 0. The van der Waals surface area contributed by atoms with Crippen LogP contribution in [-0.2, 0) is 18.9 Å². The molecule has 0 aliphatic carbocycles. The molecule has 1 fully saturated rings. The molecule has 1 aromatic rings. The zero-order chi connectivity index (χ0) is 21.2. The fourth-order valence-corrected chi connectivity index (χ4v) is 3.00. The topological polar surface area (TPSA) is 60.5 Å². The quantitative estimate of drug-likeness (QED) is 0.547. The molecular formula is C21H33FN2O5. The van der Waals surface area contributed by atoms with Gasteiger partial charge in [-0.2, -0.15) is 0 Å². The van der Waals surface area contributed by atoms with Gasteiger partial charge < -0.3 is 23.8 Å². The predicted octanol–water partition coefficient (Wildman–Crippen LogP) is 3.66. The molecule has 7 nitrogen and oxygen atoms in total. The van der Waals surface area contributed by atoms with Crippen LogP contribution in [0.15, 0.2) is 18.2 Å². The van der Waals surface area contributed by atoms with Gasteiger partial charge in [0.1, 0.15) is 5.82 Å². The number of amides is 1. The summed E-state index contributed by atoms with van der Waals surface area (Å²) in [5.74, 6) is -0.203. The van der Waals surface area contributed by atoms with Gasteiger partial charge in [0.25, 0.3) is 0 Å². The molecule has 1 aromatic carbocycles. The summed E-state index contributed by atoms with van der Waals surface area (Å²) in [5.41, 5.74) is 0.899. The Kier molecular flexibility index (Phi) is 9.63. The van der Waals surface area contributed by atoms with Crippen LogP contribution in [0.4, 0.5) is 20.6 Å². The Morgan fingerprint density at radius 2 is 1.86 bits per heavy atom. The Bertz CT molecular complexity index is 631. The Labute approximate surface area is 172 Å². The van der Waals surface area contributed by atoms with E-state index in [4.69, 9.17) is 18.9 Å². The second-order valence-corrected chi connectivity index (χ2v) is 7.16. The minimum atomic E-state index is -0.626. The van der Waals surface area contributed by atoms with Gasteiger partial charge in [-0.3, -0.25) is 4.90 Å². The average Bonchev–Trinajstić information content (AvgIpc) is 2.71. The summed E-state index contributed by atoms with van der Waals surface area (Å²) in [6, 6.07) is 4.77. The number of rotatable bonds is 10. The number of hydrogen-bond donors (Lipinski definition) is 0. The van der Waals surface area contributed by atoms with Crippen LogP contribution in [0.2, 0.25) is 0 Å². The van der Waals surface area contributed by atoms with Crippen LogP contribution in [0.3, 0.4) is 0 Å². The van der Waals surface area contributed by atoms with Gasteiger partial charge in [-0.15, -0.1) is 0 Å². The summed E-state index contributed by atoms with van der Waals surface area (Å²) in [7, 11) is 0. The van der Waals surface area contributed by atoms with Gasteiger partial charge in [0.05, 0.1) is 37.7 Å². The normalized spacial score (nSPS) is 14.5. The number of halogens is 1. The average molecular weight is 413 g/mol. The van der Waals surface area contributed by atoms with Crippen molar-refractivity contribution < 1.29 is 28.1 Å². The van der Waals surface area contributed by atoms with Gasteiger partial charge in [-0.1, -0.05) is 13.8 Å². The number of anilines is 2. The number of carbonyl (C=O) groups excluding carboxylic acids is 1. The van der Waals surface area contributed by atoms with Crippen LogP contribution < -0.4 is 9.80 Å². The largest absolute Gasteiger partial charge is 0.449 e. The van der Waals surface area contributed by atoms with Crippen LogP contribution in [0.5, 0.6) is 0 Å². The fourth-order valence-electron chi connectivity index (χ4n) is 3.00.